The third kappa shape index (κ3) is 3.41. The van der Waals surface area contributed by atoms with Crippen LogP contribution in [-0.2, 0) is 11.3 Å². The summed E-state index contributed by atoms with van der Waals surface area (Å²) in [6.07, 6.45) is 1.98. The Labute approximate surface area is 123 Å². The number of rotatable bonds is 3. The zero-order valence-electron chi connectivity index (χ0n) is 10.8. The summed E-state index contributed by atoms with van der Waals surface area (Å²) in [5, 5.41) is 10.6. The van der Waals surface area contributed by atoms with E-state index < -0.39 is 12.0 Å². The fourth-order valence-corrected chi connectivity index (χ4v) is 3.19. The topological polar surface area (TPSA) is 40.5 Å². The van der Waals surface area contributed by atoms with Crippen LogP contribution in [0.25, 0.3) is 0 Å². The molecule has 1 aromatic rings. The molecule has 1 fully saturated rings. The van der Waals surface area contributed by atoms with E-state index in [0.717, 1.165) is 24.9 Å². The molecule has 0 spiro atoms. The van der Waals surface area contributed by atoms with Gasteiger partial charge in [0, 0.05) is 16.6 Å². The minimum absolute atomic E-state index is 0.164. The molecule has 2 unspecified atom stereocenters. The van der Waals surface area contributed by atoms with E-state index in [0.29, 0.717) is 16.6 Å². The number of carboxylic acid groups (broad SMARTS) is 1. The van der Waals surface area contributed by atoms with Crippen molar-refractivity contribution in [3.63, 3.8) is 0 Å². The van der Waals surface area contributed by atoms with Crippen LogP contribution < -0.4 is 0 Å². The van der Waals surface area contributed by atoms with E-state index in [4.69, 9.17) is 23.2 Å². The molecule has 19 heavy (non-hydrogen) atoms. The maximum atomic E-state index is 11.4. The smallest absolute Gasteiger partial charge is 0.321 e. The molecular formula is C14H17Cl2NO2. The zero-order chi connectivity index (χ0) is 14.0. The lowest BCUT2D eigenvalue weighted by Crippen LogP contribution is -2.48. The summed E-state index contributed by atoms with van der Waals surface area (Å²) in [7, 11) is 0. The first-order chi connectivity index (χ1) is 8.99. The lowest BCUT2D eigenvalue weighted by atomic mass is 9.90. The molecule has 0 aromatic heterocycles. The molecule has 0 radical (unpaired) electrons. The number of hydrogen-bond donors (Lipinski definition) is 1. The molecule has 104 valence electrons. The van der Waals surface area contributed by atoms with Gasteiger partial charge in [-0.3, -0.25) is 9.69 Å². The quantitative estimate of drug-likeness (QED) is 0.926. The van der Waals surface area contributed by atoms with Crippen molar-refractivity contribution in [3.8, 4) is 0 Å². The SMILES string of the molecule is CC1CCCN(Cc2ccc(Cl)cc2Cl)C1C(=O)O. The normalized spacial score (nSPS) is 24.4. The van der Waals surface area contributed by atoms with Crippen LogP contribution in [0.4, 0.5) is 0 Å². The van der Waals surface area contributed by atoms with Gasteiger partial charge in [-0.05, 0) is 43.0 Å². The Bertz CT molecular complexity index is 479. The van der Waals surface area contributed by atoms with Crippen molar-refractivity contribution in [2.75, 3.05) is 6.54 Å². The number of nitrogens with zero attached hydrogens (tertiary/aromatic N) is 1. The lowest BCUT2D eigenvalue weighted by Gasteiger charge is -2.37. The summed E-state index contributed by atoms with van der Waals surface area (Å²) in [5.41, 5.74) is 0.923. The number of likely N-dealkylation sites (tertiary alicyclic amines) is 1. The highest BCUT2D eigenvalue weighted by molar-refractivity contribution is 6.35. The molecular weight excluding hydrogens is 285 g/mol. The van der Waals surface area contributed by atoms with E-state index in [9.17, 15) is 9.90 Å². The van der Waals surface area contributed by atoms with E-state index in [1.165, 1.54) is 0 Å². The van der Waals surface area contributed by atoms with Gasteiger partial charge in [0.15, 0.2) is 0 Å². The lowest BCUT2D eigenvalue weighted by molar-refractivity contribution is -0.147. The fourth-order valence-electron chi connectivity index (χ4n) is 2.72. The van der Waals surface area contributed by atoms with Crippen molar-refractivity contribution in [1.82, 2.24) is 4.90 Å². The summed E-state index contributed by atoms with van der Waals surface area (Å²) in [6, 6.07) is 4.91. The van der Waals surface area contributed by atoms with Crippen LogP contribution >= 0.6 is 23.2 Å². The first-order valence-electron chi connectivity index (χ1n) is 6.40. The molecule has 0 aliphatic carbocycles. The van der Waals surface area contributed by atoms with Crippen molar-refractivity contribution in [3.05, 3.63) is 33.8 Å². The van der Waals surface area contributed by atoms with Gasteiger partial charge in [-0.25, -0.2) is 0 Å². The largest absolute Gasteiger partial charge is 0.480 e. The Morgan fingerprint density at radius 1 is 1.47 bits per heavy atom. The number of aliphatic carboxylic acids is 1. The Morgan fingerprint density at radius 3 is 2.84 bits per heavy atom. The number of halogens is 2. The highest BCUT2D eigenvalue weighted by atomic mass is 35.5. The van der Waals surface area contributed by atoms with Crippen LogP contribution in [0.2, 0.25) is 10.0 Å². The van der Waals surface area contributed by atoms with Gasteiger partial charge in [0.05, 0.1) is 0 Å². The van der Waals surface area contributed by atoms with Crippen LogP contribution in [0.15, 0.2) is 18.2 Å². The molecule has 1 heterocycles. The minimum Gasteiger partial charge on any atom is -0.480 e. The van der Waals surface area contributed by atoms with Crippen molar-refractivity contribution >= 4 is 29.2 Å². The number of hydrogen-bond acceptors (Lipinski definition) is 2. The summed E-state index contributed by atoms with van der Waals surface area (Å²) < 4.78 is 0. The van der Waals surface area contributed by atoms with Crippen molar-refractivity contribution < 1.29 is 9.90 Å². The van der Waals surface area contributed by atoms with Gasteiger partial charge in [-0.1, -0.05) is 36.2 Å². The molecule has 1 saturated heterocycles. The second kappa shape index (κ2) is 6.12. The Hall–Kier alpha value is -0.770. The minimum atomic E-state index is -0.753. The van der Waals surface area contributed by atoms with Crippen molar-refractivity contribution in [2.45, 2.75) is 32.4 Å². The average molecular weight is 302 g/mol. The first-order valence-corrected chi connectivity index (χ1v) is 7.15. The van der Waals surface area contributed by atoms with E-state index in [-0.39, 0.29) is 5.92 Å². The van der Waals surface area contributed by atoms with Gasteiger partial charge in [-0.2, -0.15) is 0 Å². The Balaban J connectivity index is 2.18. The average Bonchev–Trinajstić information content (AvgIpc) is 2.32. The van der Waals surface area contributed by atoms with Crippen molar-refractivity contribution in [2.24, 2.45) is 5.92 Å². The number of piperidine rings is 1. The number of carbonyl (C=O) groups is 1. The summed E-state index contributed by atoms with van der Waals surface area (Å²) in [4.78, 5) is 13.4. The molecule has 1 aliphatic rings. The Kier molecular flexibility index (Phi) is 4.71. The van der Waals surface area contributed by atoms with Crippen LogP contribution in [0.1, 0.15) is 25.3 Å². The van der Waals surface area contributed by atoms with Crippen LogP contribution in [0.5, 0.6) is 0 Å². The van der Waals surface area contributed by atoms with Gasteiger partial charge < -0.3 is 5.11 Å². The van der Waals surface area contributed by atoms with E-state index in [2.05, 4.69) is 0 Å². The molecule has 3 nitrogen and oxygen atoms in total. The molecule has 2 atom stereocenters. The van der Waals surface area contributed by atoms with Crippen LogP contribution in [0, 0.1) is 5.92 Å². The summed E-state index contributed by atoms with van der Waals surface area (Å²) >= 11 is 12.0. The van der Waals surface area contributed by atoms with Crippen molar-refractivity contribution in [1.29, 1.82) is 0 Å². The van der Waals surface area contributed by atoms with E-state index in [1.54, 1.807) is 12.1 Å². The number of benzene rings is 1. The summed E-state index contributed by atoms with van der Waals surface area (Å²) in [6.45, 7) is 3.34. The standard InChI is InChI=1S/C14H17Cl2NO2/c1-9-3-2-6-17(13(9)14(18)19)8-10-4-5-11(15)7-12(10)16/h4-5,7,9,13H,2-3,6,8H2,1H3,(H,18,19). The molecule has 0 saturated carbocycles. The Morgan fingerprint density at radius 2 is 2.21 bits per heavy atom. The predicted molar refractivity (Wildman–Crippen MR) is 76.7 cm³/mol. The second-order valence-corrected chi connectivity index (χ2v) is 5.95. The molecule has 5 heteroatoms. The van der Waals surface area contributed by atoms with E-state index in [1.807, 2.05) is 17.9 Å². The van der Waals surface area contributed by atoms with Gasteiger partial charge in [0.1, 0.15) is 6.04 Å². The van der Waals surface area contributed by atoms with Gasteiger partial charge >= 0.3 is 5.97 Å². The molecule has 1 aromatic carbocycles. The maximum Gasteiger partial charge on any atom is 0.321 e. The monoisotopic (exact) mass is 301 g/mol. The molecule has 0 amide bonds. The fraction of sp³-hybridized carbons (Fsp3) is 0.500. The molecule has 2 rings (SSSR count). The summed E-state index contributed by atoms with van der Waals surface area (Å²) in [5.74, 6) is -0.588. The van der Waals surface area contributed by atoms with Crippen LogP contribution in [-0.4, -0.2) is 28.6 Å². The van der Waals surface area contributed by atoms with Gasteiger partial charge in [-0.15, -0.1) is 0 Å². The number of carboxylic acids is 1. The maximum absolute atomic E-state index is 11.4. The first kappa shape index (κ1) is 14.6. The van der Waals surface area contributed by atoms with E-state index >= 15 is 0 Å². The predicted octanol–water partition coefficient (Wildman–Crippen LogP) is 3.68. The molecule has 1 N–H and O–H groups in total. The highest BCUT2D eigenvalue weighted by Gasteiger charge is 2.34. The highest BCUT2D eigenvalue weighted by Crippen LogP contribution is 2.28. The zero-order valence-corrected chi connectivity index (χ0v) is 12.3. The second-order valence-electron chi connectivity index (χ2n) is 5.11. The third-order valence-electron chi connectivity index (χ3n) is 3.68. The molecule has 0 bridgehead atoms. The van der Waals surface area contributed by atoms with Crippen LogP contribution in [0.3, 0.4) is 0 Å². The molecule has 1 aliphatic heterocycles. The van der Waals surface area contributed by atoms with Gasteiger partial charge in [0.2, 0.25) is 0 Å². The van der Waals surface area contributed by atoms with Gasteiger partial charge in [0.25, 0.3) is 0 Å². The third-order valence-corrected chi connectivity index (χ3v) is 4.27.